The first-order chi connectivity index (χ1) is 8.58. The third-order valence-electron chi connectivity index (χ3n) is 2.94. The summed E-state index contributed by atoms with van der Waals surface area (Å²) in [7, 11) is 5.07. The van der Waals surface area contributed by atoms with Gasteiger partial charge in [0.15, 0.2) is 11.5 Å². The Labute approximate surface area is 108 Å². The van der Waals surface area contributed by atoms with Gasteiger partial charge in [0, 0.05) is 20.5 Å². The molecule has 0 radical (unpaired) electrons. The van der Waals surface area contributed by atoms with E-state index in [4.69, 9.17) is 9.47 Å². The second-order valence-electron chi connectivity index (χ2n) is 4.23. The Morgan fingerprint density at radius 3 is 2.44 bits per heavy atom. The van der Waals surface area contributed by atoms with Crippen LogP contribution in [0.25, 0.3) is 0 Å². The number of carbonyl (C=O) groups excluding carboxylic acids is 1. The van der Waals surface area contributed by atoms with Crippen LogP contribution in [0.15, 0.2) is 18.2 Å². The van der Waals surface area contributed by atoms with Crippen LogP contribution in [0.3, 0.4) is 0 Å². The number of benzene rings is 1. The minimum Gasteiger partial charge on any atom is -0.493 e. The van der Waals surface area contributed by atoms with Crippen molar-refractivity contribution in [3.05, 3.63) is 23.8 Å². The average Bonchev–Trinajstić information content (AvgIpc) is 2.38. The van der Waals surface area contributed by atoms with Gasteiger partial charge in [-0.3, -0.25) is 4.79 Å². The van der Waals surface area contributed by atoms with Crippen LogP contribution < -0.4 is 9.47 Å². The molecule has 100 valence electrons. The van der Waals surface area contributed by atoms with Gasteiger partial charge in [0.1, 0.15) is 0 Å². The molecule has 0 atom stereocenters. The smallest absolute Gasteiger partial charge is 0.219 e. The van der Waals surface area contributed by atoms with Gasteiger partial charge in [-0.25, -0.2) is 0 Å². The SMILES string of the molecule is COc1ccc(CCCN(C)C(C)=O)cc1OC. The standard InChI is InChI=1S/C14H21NO3/c1-11(16)15(2)9-5-6-12-7-8-13(17-3)14(10-12)18-4/h7-8,10H,5-6,9H2,1-4H3. The Balaban J connectivity index is 2.55. The summed E-state index contributed by atoms with van der Waals surface area (Å²) in [5.74, 6) is 1.58. The molecule has 0 aliphatic rings. The van der Waals surface area contributed by atoms with Crippen molar-refractivity contribution in [1.82, 2.24) is 4.90 Å². The van der Waals surface area contributed by atoms with E-state index in [2.05, 4.69) is 0 Å². The second kappa shape index (κ2) is 6.89. The fraction of sp³-hybridized carbons (Fsp3) is 0.500. The largest absolute Gasteiger partial charge is 0.493 e. The van der Waals surface area contributed by atoms with E-state index in [1.807, 2.05) is 25.2 Å². The number of hydrogen-bond acceptors (Lipinski definition) is 3. The topological polar surface area (TPSA) is 38.8 Å². The van der Waals surface area contributed by atoms with Crippen LogP contribution in [0.4, 0.5) is 0 Å². The highest BCUT2D eigenvalue weighted by atomic mass is 16.5. The zero-order valence-electron chi connectivity index (χ0n) is 11.5. The van der Waals surface area contributed by atoms with Crippen molar-refractivity contribution >= 4 is 5.91 Å². The van der Waals surface area contributed by atoms with Crippen molar-refractivity contribution in [3.8, 4) is 11.5 Å². The zero-order valence-corrected chi connectivity index (χ0v) is 11.5. The van der Waals surface area contributed by atoms with E-state index >= 15 is 0 Å². The van der Waals surface area contributed by atoms with Gasteiger partial charge in [-0.1, -0.05) is 6.07 Å². The fourth-order valence-electron chi connectivity index (χ4n) is 1.71. The molecule has 4 heteroatoms. The quantitative estimate of drug-likeness (QED) is 0.777. The molecule has 18 heavy (non-hydrogen) atoms. The average molecular weight is 251 g/mol. The molecule has 1 rings (SSSR count). The second-order valence-corrected chi connectivity index (χ2v) is 4.23. The molecule has 1 aromatic rings. The number of rotatable bonds is 6. The first kappa shape index (κ1) is 14.4. The van der Waals surface area contributed by atoms with Crippen molar-refractivity contribution in [2.24, 2.45) is 0 Å². The van der Waals surface area contributed by atoms with Gasteiger partial charge in [0.05, 0.1) is 14.2 Å². The Bertz CT molecular complexity index is 404. The Morgan fingerprint density at radius 1 is 1.22 bits per heavy atom. The normalized spacial score (nSPS) is 10.0. The van der Waals surface area contributed by atoms with E-state index in [-0.39, 0.29) is 5.91 Å². The van der Waals surface area contributed by atoms with E-state index in [1.165, 1.54) is 5.56 Å². The van der Waals surface area contributed by atoms with Crippen LogP contribution in [0.1, 0.15) is 18.9 Å². The maximum atomic E-state index is 11.1. The molecule has 0 N–H and O–H groups in total. The molecule has 0 aliphatic heterocycles. The third kappa shape index (κ3) is 3.95. The number of hydrogen-bond donors (Lipinski definition) is 0. The highest BCUT2D eigenvalue weighted by Crippen LogP contribution is 2.27. The molecule has 0 bridgehead atoms. The van der Waals surface area contributed by atoms with Crippen LogP contribution >= 0.6 is 0 Å². The van der Waals surface area contributed by atoms with Crippen molar-refractivity contribution in [3.63, 3.8) is 0 Å². The molecule has 1 amide bonds. The number of ether oxygens (including phenoxy) is 2. The molecule has 0 aliphatic carbocycles. The summed E-state index contributed by atoms with van der Waals surface area (Å²) in [6.45, 7) is 2.35. The lowest BCUT2D eigenvalue weighted by atomic mass is 10.1. The van der Waals surface area contributed by atoms with Crippen LogP contribution in [0, 0.1) is 0 Å². The predicted octanol–water partition coefficient (Wildman–Crippen LogP) is 2.11. The van der Waals surface area contributed by atoms with Crippen molar-refractivity contribution in [1.29, 1.82) is 0 Å². The van der Waals surface area contributed by atoms with E-state index < -0.39 is 0 Å². The van der Waals surface area contributed by atoms with Crippen molar-refractivity contribution < 1.29 is 14.3 Å². The van der Waals surface area contributed by atoms with E-state index in [1.54, 1.807) is 26.0 Å². The predicted molar refractivity (Wildman–Crippen MR) is 71.2 cm³/mol. The maximum absolute atomic E-state index is 11.1. The fourth-order valence-corrected chi connectivity index (χ4v) is 1.71. The lowest BCUT2D eigenvalue weighted by Crippen LogP contribution is -2.25. The summed E-state index contributed by atoms with van der Waals surface area (Å²) in [6.07, 6.45) is 1.85. The van der Waals surface area contributed by atoms with Crippen LogP contribution in [-0.2, 0) is 11.2 Å². The molecule has 0 spiro atoms. The number of amides is 1. The summed E-state index contributed by atoms with van der Waals surface area (Å²) in [5, 5.41) is 0. The van der Waals surface area contributed by atoms with Crippen LogP contribution in [-0.4, -0.2) is 38.6 Å². The van der Waals surface area contributed by atoms with Gasteiger partial charge in [-0.2, -0.15) is 0 Å². The Hall–Kier alpha value is -1.71. The summed E-state index contributed by atoms with van der Waals surface area (Å²) in [6, 6.07) is 5.91. The Kier molecular flexibility index (Phi) is 5.49. The van der Waals surface area contributed by atoms with E-state index in [9.17, 15) is 4.79 Å². The number of methoxy groups -OCH3 is 2. The summed E-state index contributed by atoms with van der Waals surface area (Å²) in [5.41, 5.74) is 1.18. The summed E-state index contributed by atoms with van der Waals surface area (Å²) >= 11 is 0. The molecule has 0 fully saturated rings. The highest BCUT2D eigenvalue weighted by molar-refractivity contribution is 5.72. The minimum absolute atomic E-state index is 0.0994. The highest BCUT2D eigenvalue weighted by Gasteiger charge is 2.05. The number of aryl methyl sites for hydroxylation is 1. The minimum atomic E-state index is 0.0994. The summed E-state index contributed by atoms with van der Waals surface area (Å²) in [4.78, 5) is 12.8. The molecule has 0 saturated heterocycles. The molecule has 1 aromatic carbocycles. The van der Waals surface area contributed by atoms with Crippen LogP contribution in [0.2, 0.25) is 0 Å². The number of nitrogens with zero attached hydrogens (tertiary/aromatic N) is 1. The lowest BCUT2D eigenvalue weighted by molar-refractivity contribution is -0.127. The van der Waals surface area contributed by atoms with Gasteiger partial charge < -0.3 is 14.4 Å². The molecule has 0 unspecified atom stereocenters. The van der Waals surface area contributed by atoms with Gasteiger partial charge >= 0.3 is 0 Å². The van der Waals surface area contributed by atoms with Gasteiger partial charge in [-0.15, -0.1) is 0 Å². The Morgan fingerprint density at radius 2 is 1.89 bits per heavy atom. The van der Waals surface area contributed by atoms with E-state index in [0.717, 1.165) is 30.9 Å². The lowest BCUT2D eigenvalue weighted by Gasteiger charge is -2.14. The summed E-state index contributed by atoms with van der Waals surface area (Å²) < 4.78 is 10.4. The van der Waals surface area contributed by atoms with Gasteiger partial charge in [0.25, 0.3) is 0 Å². The first-order valence-electron chi connectivity index (χ1n) is 6.01. The zero-order chi connectivity index (χ0) is 13.5. The van der Waals surface area contributed by atoms with Crippen LogP contribution in [0.5, 0.6) is 11.5 Å². The molecule has 0 aromatic heterocycles. The maximum Gasteiger partial charge on any atom is 0.219 e. The molecular formula is C14H21NO3. The van der Waals surface area contributed by atoms with Crippen molar-refractivity contribution in [2.75, 3.05) is 27.8 Å². The van der Waals surface area contributed by atoms with Crippen molar-refractivity contribution in [2.45, 2.75) is 19.8 Å². The van der Waals surface area contributed by atoms with E-state index in [0.29, 0.717) is 0 Å². The molecule has 0 heterocycles. The molecular weight excluding hydrogens is 230 g/mol. The van der Waals surface area contributed by atoms with Gasteiger partial charge in [0.2, 0.25) is 5.91 Å². The van der Waals surface area contributed by atoms with Gasteiger partial charge in [-0.05, 0) is 30.5 Å². The number of carbonyl (C=O) groups is 1. The molecule has 4 nitrogen and oxygen atoms in total. The third-order valence-corrected chi connectivity index (χ3v) is 2.94. The molecule has 0 saturated carbocycles. The monoisotopic (exact) mass is 251 g/mol. The first-order valence-corrected chi connectivity index (χ1v) is 6.01.